The molecule has 2 fully saturated rings. The van der Waals surface area contributed by atoms with Crippen LogP contribution in [0.4, 0.5) is 0 Å². The minimum atomic E-state index is 0.780. The first kappa shape index (κ1) is 15.3. The topological polar surface area (TPSA) is 15.3 Å². The predicted molar refractivity (Wildman–Crippen MR) is 83.5 cm³/mol. The second kappa shape index (κ2) is 7.64. The van der Waals surface area contributed by atoms with Crippen molar-refractivity contribution in [3.8, 4) is 0 Å². The van der Waals surface area contributed by atoms with Gasteiger partial charge in [0.05, 0.1) is 0 Å². The first-order valence-electron chi connectivity index (χ1n) is 8.72. The van der Waals surface area contributed by atoms with Gasteiger partial charge in [-0.15, -0.1) is 0 Å². The van der Waals surface area contributed by atoms with Crippen molar-refractivity contribution in [2.75, 3.05) is 19.6 Å². The zero-order valence-corrected chi connectivity index (χ0v) is 13.3. The van der Waals surface area contributed by atoms with Gasteiger partial charge in [0.25, 0.3) is 0 Å². The molecule has 2 heteroatoms. The van der Waals surface area contributed by atoms with E-state index in [9.17, 15) is 0 Å². The standard InChI is InChI=1S/C17H34N2/c1-4-15-9-10-17(18-5-2)16(12-15)13-19-11-7-6-8-14(19)3/h14-18H,4-13H2,1-3H3. The summed E-state index contributed by atoms with van der Waals surface area (Å²) in [6, 6.07) is 1.60. The van der Waals surface area contributed by atoms with Gasteiger partial charge in [0, 0.05) is 18.6 Å². The molecule has 0 aromatic rings. The maximum Gasteiger partial charge on any atom is 0.0108 e. The van der Waals surface area contributed by atoms with Crippen molar-refractivity contribution in [1.29, 1.82) is 0 Å². The van der Waals surface area contributed by atoms with Gasteiger partial charge in [0.1, 0.15) is 0 Å². The van der Waals surface area contributed by atoms with Crippen LogP contribution < -0.4 is 5.32 Å². The molecule has 1 saturated carbocycles. The Hall–Kier alpha value is -0.0800. The number of piperidine rings is 1. The van der Waals surface area contributed by atoms with Crippen LogP contribution in [0.5, 0.6) is 0 Å². The molecule has 4 atom stereocenters. The maximum atomic E-state index is 3.76. The van der Waals surface area contributed by atoms with Crippen LogP contribution in [0.25, 0.3) is 0 Å². The van der Waals surface area contributed by atoms with Gasteiger partial charge >= 0.3 is 0 Å². The van der Waals surface area contributed by atoms with E-state index in [-0.39, 0.29) is 0 Å². The fraction of sp³-hybridized carbons (Fsp3) is 1.00. The fourth-order valence-corrected chi connectivity index (χ4v) is 4.19. The summed E-state index contributed by atoms with van der Waals surface area (Å²) in [6.45, 7) is 10.9. The van der Waals surface area contributed by atoms with Crippen LogP contribution >= 0.6 is 0 Å². The third-order valence-corrected chi connectivity index (χ3v) is 5.54. The Morgan fingerprint density at radius 3 is 2.63 bits per heavy atom. The van der Waals surface area contributed by atoms with Crippen molar-refractivity contribution in [2.45, 2.75) is 77.8 Å². The predicted octanol–water partition coefficient (Wildman–Crippen LogP) is 3.67. The molecule has 112 valence electrons. The van der Waals surface area contributed by atoms with Crippen LogP contribution in [0.15, 0.2) is 0 Å². The molecule has 19 heavy (non-hydrogen) atoms. The van der Waals surface area contributed by atoms with E-state index in [4.69, 9.17) is 0 Å². The first-order valence-corrected chi connectivity index (χ1v) is 8.72. The van der Waals surface area contributed by atoms with Crippen molar-refractivity contribution in [3.05, 3.63) is 0 Å². The molecule has 0 bridgehead atoms. The van der Waals surface area contributed by atoms with E-state index in [1.807, 2.05) is 0 Å². The third-order valence-electron chi connectivity index (χ3n) is 5.54. The zero-order valence-electron chi connectivity index (χ0n) is 13.3. The molecular formula is C17H34N2. The number of likely N-dealkylation sites (tertiary alicyclic amines) is 1. The second-order valence-electron chi connectivity index (χ2n) is 6.85. The Morgan fingerprint density at radius 1 is 1.11 bits per heavy atom. The minimum Gasteiger partial charge on any atom is -0.314 e. The smallest absolute Gasteiger partial charge is 0.0108 e. The van der Waals surface area contributed by atoms with Crippen molar-refractivity contribution in [2.24, 2.45) is 11.8 Å². The van der Waals surface area contributed by atoms with E-state index in [0.717, 1.165) is 30.5 Å². The van der Waals surface area contributed by atoms with Crippen LogP contribution in [0.1, 0.15) is 65.7 Å². The summed E-state index contributed by atoms with van der Waals surface area (Å²) in [5.74, 6) is 1.87. The van der Waals surface area contributed by atoms with Gasteiger partial charge in [-0.25, -0.2) is 0 Å². The summed E-state index contributed by atoms with van der Waals surface area (Å²) in [4.78, 5) is 2.77. The molecule has 1 heterocycles. The number of rotatable bonds is 5. The highest BCUT2D eigenvalue weighted by Crippen LogP contribution is 2.33. The minimum absolute atomic E-state index is 0.780. The normalized spacial score (nSPS) is 37.4. The number of hydrogen-bond donors (Lipinski definition) is 1. The summed E-state index contributed by atoms with van der Waals surface area (Å²) in [6.07, 6.45) is 9.95. The molecule has 2 aliphatic rings. The van der Waals surface area contributed by atoms with Crippen LogP contribution in [0.3, 0.4) is 0 Å². The monoisotopic (exact) mass is 266 g/mol. The van der Waals surface area contributed by atoms with Crippen molar-refractivity contribution in [1.82, 2.24) is 10.2 Å². The van der Waals surface area contributed by atoms with E-state index in [1.165, 1.54) is 58.0 Å². The highest BCUT2D eigenvalue weighted by molar-refractivity contribution is 4.87. The van der Waals surface area contributed by atoms with Gasteiger partial charge in [-0.2, -0.15) is 0 Å². The zero-order chi connectivity index (χ0) is 13.7. The van der Waals surface area contributed by atoms with E-state index in [1.54, 1.807) is 0 Å². The SMILES string of the molecule is CCNC1CCC(CC)CC1CN1CCCCC1C. The van der Waals surface area contributed by atoms with E-state index >= 15 is 0 Å². The molecule has 2 rings (SSSR count). The number of hydrogen-bond acceptors (Lipinski definition) is 2. The van der Waals surface area contributed by atoms with Crippen LogP contribution in [-0.4, -0.2) is 36.6 Å². The Morgan fingerprint density at radius 2 is 1.95 bits per heavy atom. The molecule has 1 aliphatic carbocycles. The van der Waals surface area contributed by atoms with E-state index in [2.05, 4.69) is 31.0 Å². The lowest BCUT2D eigenvalue weighted by atomic mass is 9.76. The van der Waals surface area contributed by atoms with Crippen LogP contribution in [-0.2, 0) is 0 Å². The molecule has 0 aromatic carbocycles. The average Bonchev–Trinajstić information content (AvgIpc) is 2.43. The summed E-state index contributed by atoms with van der Waals surface area (Å²) in [5.41, 5.74) is 0. The maximum absolute atomic E-state index is 3.76. The Balaban J connectivity index is 1.92. The van der Waals surface area contributed by atoms with Gasteiger partial charge in [-0.05, 0) is 64.0 Å². The largest absolute Gasteiger partial charge is 0.314 e. The third kappa shape index (κ3) is 4.19. The summed E-state index contributed by atoms with van der Waals surface area (Å²) in [5, 5.41) is 3.76. The molecule has 1 saturated heterocycles. The highest BCUT2D eigenvalue weighted by atomic mass is 15.2. The Labute approximate surface area is 120 Å². The molecule has 0 spiro atoms. The van der Waals surface area contributed by atoms with Gasteiger partial charge in [-0.3, -0.25) is 0 Å². The molecule has 1 N–H and O–H groups in total. The average molecular weight is 266 g/mol. The summed E-state index contributed by atoms with van der Waals surface area (Å²) < 4.78 is 0. The van der Waals surface area contributed by atoms with Crippen molar-refractivity contribution < 1.29 is 0 Å². The lowest BCUT2D eigenvalue weighted by molar-refractivity contribution is 0.0929. The van der Waals surface area contributed by atoms with Crippen molar-refractivity contribution >= 4 is 0 Å². The quantitative estimate of drug-likeness (QED) is 0.817. The van der Waals surface area contributed by atoms with Crippen LogP contribution in [0, 0.1) is 11.8 Å². The molecular weight excluding hydrogens is 232 g/mol. The number of nitrogens with one attached hydrogen (secondary N) is 1. The summed E-state index contributed by atoms with van der Waals surface area (Å²) in [7, 11) is 0. The Kier molecular flexibility index (Phi) is 6.15. The fourth-order valence-electron chi connectivity index (χ4n) is 4.19. The molecule has 0 aromatic heterocycles. The number of nitrogens with zero attached hydrogens (tertiary/aromatic N) is 1. The van der Waals surface area contributed by atoms with E-state index < -0.39 is 0 Å². The summed E-state index contributed by atoms with van der Waals surface area (Å²) >= 11 is 0. The van der Waals surface area contributed by atoms with Crippen LogP contribution in [0.2, 0.25) is 0 Å². The van der Waals surface area contributed by atoms with E-state index in [0.29, 0.717) is 0 Å². The molecule has 0 amide bonds. The lowest BCUT2D eigenvalue weighted by Gasteiger charge is -2.42. The molecule has 2 nitrogen and oxygen atoms in total. The Bertz CT molecular complexity index is 254. The molecule has 4 unspecified atom stereocenters. The van der Waals surface area contributed by atoms with Gasteiger partial charge in [0.2, 0.25) is 0 Å². The molecule has 0 radical (unpaired) electrons. The highest BCUT2D eigenvalue weighted by Gasteiger charge is 2.32. The van der Waals surface area contributed by atoms with Gasteiger partial charge in [-0.1, -0.05) is 26.7 Å². The molecule has 1 aliphatic heterocycles. The van der Waals surface area contributed by atoms with Gasteiger partial charge in [0.15, 0.2) is 0 Å². The first-order chi connectivity index (χ1) is 9.24. The van der Waals surface area contributed by atoms with Gasteiger partial charge < -0.3 is 10.2 Å². The second-order valence-corrected chi connectivity index (χ2v) is 6.85. The van der Waals surface area contributed by atoms with Crippen molar-refractivity contribution in [3.63, 3.8) is 0 Å². The lowest BCUT2D eigenvalue weighted by Crippen LogP contribution is -2.48.